The Kier molecular flexibility index (Phi) is 4.75. The van der Waals surface area contributed by atoms with E-state index in [0.29, 0.717) is 6.61 Å². The maximum absolute atomic E-state index is 11.7. The highest BCUT2D eigenvalue weighted by Crippen LogP contribution is 2.18. The molecule has 0 aliphatic carbocycles. The average molecular weight is 214 g/mol. The van der Waals surface area contributed by atoms with Crippen molar-refractivity contribution in [3.8, 4) is 0 Å². The summed E-state index contributed by atoms with van der Waals surface area (Å²) in [4.78, 5) is 22.9. The number of ketones is 1. The largest absolute Gasteiger partial charge is 0.469 e. The zero-order valence-electron chi connectivity index (χ0n) is 9.32. The normalized spacial score (nSPS) is 23.2. The van der Waals surface area contributed by atoms with Crippen LogP contribution < -0.4 is 0 Å². The molecule has 0 aromatic heterocycles. The molecule has 1 fully saturated rings. The molecule has 0 aromatic rings. The molecular weight excluding hydrogens is 196 g/mol. The molecule has 1 heterocycles. The van der Waals surface area contributed by atoms with Crippen LogP contribution >= 0.6 is 0 Å². The summed E-state index contributed by atoms with van der Waals surface area (Å²) in [6.07, 6.45) is 2.08. The minimum absolute atomic E-state index is 0.0224. The van der Waals surface area contributed by atoms with Gasteiger partial charge in [-0.3, -0.25) is 9.59 Å². The van der Waals surface area contributed by atoms with Crippen LogP contribution in [0.25, 0.3) is 0 Å². The van der Waals surface area contributed by atoms with Crippen LogP contribution in [0.5, 0.6) is 0 Å². The van der Waals surface area contributed by atoms with Gasteiger partial charge in [-0.15, -0.1) is 0 Å². The van der Waals surface area contributed by atoms with Crippen LogP contribution in [0, 0.1) is 11.8 Å². The summed E-state index contributed by atoms with van der Waals surface area (Å²) in [7, 11) is 1.34. The second kappa shape index (κ2) is 5.85. The van der Waals surface area contributed by atoms with Gasteiger partial charge in [-0.1, -0.05) is 6.92 Å². The molecule has 15 heavy (non-hydrogen) atoms. The first-order valence-electron chi connectivity index (χ1n) is 5.33. The molecule has 0 spiro atoms. The molecule has 1 rings (SSSR count). The molecule has 1 saturated heterocycles. The summed E-state index contributed by atoms with van der Waals surface area (Å²) in [6, 6.07) is 0. The molecule has 0 aromatic carbocycles. The molecule has 0 radical (unpaired) electrons. The number of ether oxygens (including phenoxy) is 2. The number of hydrogen-bond acceptors (Lipinski definition) is 4. The van der Waals surface area contributed by atoms with Crippen molar-refractivity contribution in [2.24, 2.45) is 11.8 Å². The van der Waals surface area contributed by atoms with Crippen LogP contribution in [0.15, 0.2) is 0 Å². The van der Waals surface area contributed by atoms with Crippen molar-refractivity contribution in [1.29, 1.82) is 0 Å². The molecular formula is C11H18O4. The maximum Gasteiger partial charge on any atom is 0.308 e. The van der Waals surface area contributed by atoms with E-state index in [9.17, 15) is 9.59 Å². The second-order valence-electron chi connectivity index (χ2n) is 4.01. The lowest BCUT2D eigenvalue weighted by Gasteiger charge is -2.21. The van der Waals surface area contributed by atoms with E-state index in [1.807, 2.05) is 0 Å². The minimum atomic E-state index is -0.343. The van der Waals surface area contributed by atoms with E-state index in [2.05, 4.69) is 4.74 Å². The number of carbonyl (C=O) groups excluding carboxylic acids is 2. The monoisotopic (exact) mass is 214 g/mol. The summed E-state index contributed by atoms with van der Waals surface area (Å²) in [5.74, 6) is -0.567. The number of carbonyl (C=O) groups is 2. The SMILES string of the molecule is COC(=O)C(C)CC(=O)C1CCCOC1. The summed E-state index contributed by atoms with van der Waals surface area (Å²) in [6.45, 7) is 2.97. The molecule has 1 aliphatic heterocycles. The highest BCUT2D eigenvalue weighted by atomic mass is 16.5. The van der Waals surface area contributed by atoms with Gasteiger partial charge in [-0.2, -0.15) is 0 Å². The maximum atomic E-state index is 11.7. The van der Waals surface area contributed by atoms with Crippen LogP contribution in [0.2, 0.25) is 0 Å². The number of Topliss-reactive ketones (excluding diaryl/α,β-unsaturated/α-hetero) is 1. The zero-order valence-corrected chi connectivity index (χ0v) is 9.32. The quantitative estimate of drug-likeness (QED) is 0.659. The lowest BCUT2D eigenvalue weighted by molar-refractivity contribution is -0.147. The van der Waals surface area contributed by atoms with Gasteiger partial charge in [0.15, 0.2) is 0 Å². The summed E-state index contributed by atoms with van der Waals surface area (Å²) in [5, 5.41) is 0. The summed E-state index contributed by atoms with van der Waals surface area (Å²) in [5.41, 5.74) is 0. The van der Waals surface area contributed by atoms with E-state index >= 15 is 0 Å². The van der Waals surface area contributed by atoms with Gasteiger partial charge in [0.25, 0.3) is 0 Å². The molecule has 0 N–H and O–H groups in total. The van der Waals surface area contributed by atoms with E-state index in [4.69, 9.17) is 4.74 Å². The topological polar surface area (TPSA) is 52.6 Å². The van der Waals surface area contributed by atoms with Gasteiger partial charge in [0, 0.05) is 18.9 Å². The van der Waals surface area contributed by atoms with E-state index in [1.54, 1.807) is 6.92 Å². The minimum Gasteiger partial charge on any atom is -0.469 e. The Labute approximate surface area is 89.9 Å². The van der Waals surface area contributed by atoms with Gasteiger partial charge < -0.3 is 9.47 Å². The Bertz CT molecular complexity index is 231. The number of hydrogen-bond donors (Lipinski definition) is 0. The molecule has 2 atom stereocenters. The van der Waals surface area contributed by atoms with E-state index < -0.39 is 0 Å². The Morgan fingerprint density at radius 2 is 2.27 bits per heavy atom. The van der Waals surface area contributed by atoms with E-state index in [1.165, 1.54) is 7.11 Å². The molecule has 1 aliphatic rings. The molecule has 0 amide bonds. The van der Waals surface area contributed by atoms with Crippen LogP contribution in [-0.2, 0) is 19.1 Å². The van der Waals surface area contributed by atoms with Crippen molar-refractivity contribution in [1.82, 2.24) is 0 Å². The lowest BCUT2D eigenvalue weighted by Crippen LogP contribution is -2.28. The molecule has 0 saturated carbocycles. The van der Waals surface area contributed by atoms with Gasteiger partial charge in [0.2, 0.25) is 0 Å². The molecule has 0 bridgehead atoms. The fraction of sp³-hybridized carbons (Fsp3) is 0.818. The Hall–Kier alpha value is -0.900. The lowest BCUT2D eigenvalue weighted by atomic mass is 9.91. The van der Waals surface area contributed by atoms with Crippen molar-refractivity contribution >= 4 is 11.8 Å². The second-order valence-corrected chi connectivity index (χ2v) is 4.01. The van der Waals surface area contributed by atoms with Gasteiger partial charge in [-0.25, -0.2) is 0 Å². The van der Waals surface area contributed by atoms with Crippen LogP contribution in [0.3, 0.4) is 0 Å². The third-order valence-corrected chi connectivity index (χ3v) is 2.73. The van der Waals surface area contributed by atoms with Gasteiger partial charge in [0.05, 0.1) is 19.6 Å². The average Bonchev–Trinajstić information content (AvgIpc) is 2.29. The molecule has 4 heteroatoms. The zero-order chi connectivity index (χ0) is 11.3. The fourth-order valence-electron chi connectivity index (χ4n) is 1.75. The summed E-state index contributed by atoms with van der Waals surface area (Å²) >= 11 is 0. The van der Waals surface area contributed by atoms with Crippen LogP contribution in [0.1, 0.15) is 26.2 Å². The fourth-order valence-corrected chi connectivity index (χ4v) is 1.75. The van der Waals surface area contributed by atoms with Crippen molar-refractivity contribution in [2.45, 2.75) is 26.2 Å². The van der Waals surface area contributed by atoms with E-state index in [-0.39, 0.29) is 30.0 Å². The Morgan fingerprint density at radius 1 is 1.53 bits per heavy atom. The highest BCUT2D eigenvalue weighted by molar-refractivity contribution is 5.86. The summed E-state index contributed by atoms with van der Waals surface area (Å²) < 4.78 is 9.81. The first kappa shape index (κ1) is 12.2. The Balaban J connectivity index is 2.36. The van der Waals surface area contributed by atoms with Crippen molar-refractivity contribution < 1.29 is 19.1 Å². The number of esters is 1. The van der Waals surface area contributed by atoms with Crippen LogP contribution in [-0.4, -0.2) is 32.1 Å². The number of methoxy groups -OCH3 is 1. The Morgan fingerprint density at radius 3 is 2.80 bits per heavy atom. The van der Waals surface area contributed by atoms with Crippen molar-refractivity contribution in [2.75, 3.05) is 20.3 Å². The first-order chi connectivity index (χ1) is 7.15. The van der Waals surface area contributed by atoms with Gasteiger partial charge >= 0.3 is 5.97 Å². The van der Waals surface area contributed by atoms with Gasteiger partial charge in [-0.05, 0) is 12.8 Å². The predicted molar refractivity (Wildman–Crippen MR) is 54.3 cm³/mol. The molecule has 86 valence electrons. The smallest absolute Gasteiger partial charge is 0.308 e. The highest BCUT2D eigenvalue weighted by Gasteiger charge is 2.25. The van der Waals surface area contributed by atoms with Crippen LogP contribution in [0.4, 0.5) is 0 Å². The predicted octanol–water partition coefficient (Wildman–Crippen LogP) is 1.18. The third-order valence-electron chi connectivity index (χ3n) is 2.73. The standard InChI is InChI=1S/C11H18O4/c1-8(11(13)14-2)6-10(12)9-4-3-5-15-7-9/h8-9H,3-7H2,1-2H3. The van der Waals surface area contributed by atoms with E-state index in [0.717, 1.165) is 19.4 Å². The van der Waals surface area contributed by atoms with Crippen molar-refractivity contribution in [3.63, 3.8) is 0 Å². The molecule has 2 unspecified atom stereocenters. The van der Waals surface area contributed by atoms with Crippen molar-refractivity contribution in [3.05, 3.63) is 0 Å². The van der Waals surface area contributed by atoms with Gasteiger partial charge in [0.1, 0.15) is 5.78 Å². The first-order valence-corrected chi connectivity index (χ1v) is 5.33. The molecule has 4 nitrogen and oxygen atoms in total. The third kappa shape index (κ3) is 3.63. The number of rotatable bonds is 4.